The SMILES string of the molecule is CN(Cc1csc(Br)c1)c1ccc(C(N)=S)cc1. The molecule has 2 aromatic rings. The predicted molar refractivity (Wildman–Crippen MR) is 86.5 cm³/mol. The van der Waals surface area contributed by atoms with E-state index in [1.165, 1.54) is 5.56 Å². The summed E-state index contributed by atoms with van der Waals surface area (Å²) in [5, 5.41) is 2.16. The number of rotatable bonds is 4. The highest BCUT2D eigenvalue weighted by molar-refractivity contribution is 9.11. The molecule has 5 heteroatoms. The molecule has 0 aliphatic rings. The molecule has 0 saturated carbocycles. The van der Waals surface area contributed by atoms with Crippen molar-refractivity contribution in [2.75, 3.05) is 11.9 Å². The van der Waals surface area contributed by atoms with Crippen molar-refractivity contribution in [2.24, 2.45) is 5.73 Å². The number of thiocarbonyl (C=S) groups is 1. The Morgan fingerprint density at radius 1 is 1.39 bits per heavy atom. The van der Waals surface area contributed by atoms with Crippen LogP contribution in [0.2, 0.25) is 0 Å². The fourth-order valence-electron chi connectivity index (χ4n) is 1.67. The van der Waals surface area contributed by atoms with Gasteiger partial charge in [0.05, 0.1) is 3.79 Å². The van der Waals surface area contributed by atoms with Crippen LogP contribution in [0.5, 0.6) is 0 Å². The van der Waals surface area contributed by atoms with Crippen molar-refractivity contribution in [1.82, 2.24) is 0 Å². The number of thiophene rings is 1. The zero-order valence-electron chi connectivity index (χ0n) is 9.89. The van der Waals surface area contributed by atoms with Crippen molar-refractivity contribution in [3.63, 3.8) is 0 Å². The first-order valence-electron chi connectivity index (χ1n) is 5.40. The van der Waals surface area contributed by atoms with Crippen molar-refractivity contribution in [3.05, 3.63) is 50.6 Å². The van der Waals surface area contributed by atoms with Gasteiger partial charge >= 0.3 is 0 Å². The molecule has 0 bridgehead atoms. The molecule has 0 spiro atoms. The van der Waals surface area contributed by atoms with Gasteiger partial charge in [-0.3, -0.25) is 0 Å². The average molecular weight is 341 g/mol. The number of halogens is 1. The first-order chi connectivity index (χ1) is 8.56. The highest BCUT2D eigenvalue weighted by Gasteiger charge is 2.04. The third kappa shape index (κ3) is 3.31. The third-order valence-corrected chi connectivity index (χ3v) is 4.42. The molecular weight excluding hydrogens is 328 g/mol. The van der Waals surface area contributed by atoms with Gasteiger partial charge in [-0.25, -0.2) is 0 Å². The summed E-state index contributed by atoms with van der Waals surface area (Å²) in [5.74, 6) is 0. The first-order valence-corrected chi connectivity index (χ1v) is 7.48. The second-order valence-electron chi connectivity index (χ2n) is 4.03. The Hall–Kier alpha value is -0.910. The maximum atomic E-state index is 5.58. The van der Waals surface area contributed by atoms with E-state index in [0.717, 1.165) is 21.6 Å². The fraction of sp³-hybridized carbons (Fsp3) is 0.154. The minimum atomic E-state index is 0.436. The van der Waals surface area contributed by atoms with Crippen molar-refractivity contribution < 1.29 is 0 Å². The van der Waals surface area contributed by atoms with E-state index in [1.807, 2.05) is 24.3 Å². The summed E-state index contributed by atoms with van der Waals surface area (Å²) < 4.78 is 1.16. The molecule has 2 rings (SSSR count). The predicted octanol–water partition coefficient (Wildman–Crippen LogP) is 3.78. The van der Waals surface area contributed by atoms with Gasteiger partial charge in [-0.15, -0.1) is 11.3 Å². The van der Waals surface area contributed by atoms with Gasteiger partial charge in [0.2, 0.25) is 0 Å². The van der Waals surface area contributed by atoms with E-state index in [-0.39, 0.29) is 0 Å². The van der Waals surface area contributed by atoms with Crippen LogP contribution >= 0.6 is 39.5 Å². The lowest BCUT2D eigenvalue weighted by Gasteiger charge is -2.18. The zero-order valence-corrected chi connectivity index (χ0v) is 13.1. The Balaban J connectivity index is 2.09. The molecule has 1 aromatic heterocycles. The number of benzene rings is 1. The van der Waals surface area contributed by atoms with E-state index in [4.69, 9.17) is 18.0 Å². The van der Waals surface area contributed by atoms with Gasteiger partial charge in [0.15, 0.2) is 0 Å². The minimum absolute atomic E-state index is 0.436. The van der Waals surface area contributed by atoms with Crippen molar-refractivity contribution in [3.8, 4) is 0 Å². The van der Waals surface area contributed by atoms with Gasteiger partial charge in [-0.2, -0.15) is 0 Å². The Kier molecular flexibility index (Phi) is 4.37. The van der Waals surface area contributed by atoms with E-state index in [1.54, 1.807) is 11.3 Å². The van der Waals surface area contributed by atoms with Crippen LogP contribution in [-0.2, 0) is 6.54 Å². The van der Waals surface area contributed by atoms with Crippen LogP contribution < -0.4 is 10.6 Å². The summed E-state index contributed by atoms with van der Waals surface area (Å²) in [5.41, 5.74) is 8.93. The average Bonchev–Trinajstić information content (AvgIpc) is 2.75. The fourth-order valence-corrected chi connectivity index (χ4v) is 3.01. The van der Waals surface area contributed by atoms with E-state index in [2.05, 4.69) is 39.3 Å². The molecule has 2 N–H and O–H groups in total. The van der Waals surface area contributed by atoms with E-state index >= 15 is 0 Å². The van der Waals surface area contributed by atoms with E-state index < -0.39 is 0 Å². The lowest BCUT2D eigenvalue weighted by Crippen LogP contribution is -2.16. The summed E-state index contributed by atoms with van der Waals surface area (Å²) in [4.78, 5) is 2.63. The Morgan fingerprint density at radius 2 is 2.06 bits per heavy atom. The van der Waals surface area contributed by atoms with Crippen LogP contribution in [-0.4, -0.2) is 12.0 Å². The molecule has 0 amide bonds. The zero-order chi connectivity index (χ0) is 13.1. The maximum Gasteiger partial charge on any atom is 0.103 e. The Morgan fingerprint density at radius 3 is 2.56 bits per heavy atom. The molecule has 18 heavy (non-hydrogen) atoms. The second kappa shape index (κ2) is 5.82. The number of hydrogen-bond acceptors (Lipinski definition) is 3. The Labute approximate surface area is 125 Å². The van der Waals surface area contributed by atoms with Crippen molar-refractivity contribution in [1.29, 1.82) is 0 Å². The summed E-state index contributed by atoms with van der Waals surface area (Å²) in [7, 11) is 2.07. The summed E-state index contributed by atoms with van der Waals surface area (Å²) in [6.45, 7) is 0.883. The molecule has 0 aliphatic heterocycles. The second-order valence-corrected chi connectivity index (χ2v) is 6.76. The van der Waals surface area contributed by atoms with Gasteiger partial charge in [0, 0.05) is 24.8 Å². The standard InChI is InChI=1S/C13H13BrN2S2/c1-16(7-9-6-12(14)18-8-9)11-4-2-10(3-5-11)13(15)17/h2-6,8H,7H2,1H3,(H2,15,17). The van der Waals surface area contributed by atoms with Crippen LogP contribution in [0.15, 0.2) is 39.5 Å². The first kappa shape index (κ1) is 13.5. The molecule has 0 fully saturated rings. The number of nitrogens with zero attached hydrogens (tertiary/aromatic N) is 1. The maximum absolute atomic E-state index is 5.58. The van der Waals surface area contributed by atoms with Crippen LogP contribution in [0.3, 0.4) is 0 Å². The van der Waals surface area contributed by atoms with Crippen LogP contribution in [0, 0.1) is 0 Å². The van der Waals surface area contributed by atoms with Gasteiger partial charge in [0.25, 0.3) is 0 Å². The molecule has 2 nitrogen and oxygen atoms in total. The monoisotopic (exact) mass is 340 g/mol. The van der Waals surface area contributed by atoms with E-state index in [9.17, 15) is 0 Å². The molecule has 0 unspecified atom stereocenters. The van der Waals surface area contributed by atoms with Gasteiger partial charge in [-0.1, -0.05) is 12.2 Å². The van der Waals surface area contributed by atoms with Gasteiger partial charge in [0.1, 0.15) is 4.99 Å². The lowest BCUT2D eigenvalue weighted by molar-refractivity contribution is 0.927. The molecule has 1 aromatic carbocycles. The summed E-state index contributed by atoms with van der Waals surface area (Å²) >= 11 is 10.1. The van der Waals surface area contributed by atoms with E-state index in [0.29, 0.717) is 4.99 Å². The normalized spacial score (nSPS) is 10.3. The van der Waals surface area contributed by atoms with Gasteiger partial charge < -0.3 is 10.6 Å². The number of anilines is 1. The number of hydrogen-bond donors (Lipinski definition) is 1. The third-order valence-electron chi connectivity index (χ3n) is 2.63. The molecule has 1 heterocycles. The summed E-state index contributed by atoms with van der Waals surface area (Å²) in [6.07, 6.45) is 0. The van der Waals surface area contributed by atoms with Crippen LogP contribution in [0.4, 0.5) is 5.69 Å². The molecule has 0 radical (unpaired) electrons. The minimum Gasteiger partial charge on any atom is -0.389 e. The van der Waals surface area contributed by atoms with Gasteiger partial charge in [-0.05, 0) is 57.2 Å². The Bertz CT molecular complexity index is 548. The quantitative estimate of drug-likeness (QED) is 0.858. The van der Waals surface area contributed by atoms with Crippen molar-refractivity contribution in [2.45, 2.75) is 6.54 Å². The molecular formula is C13H13BrN2S2. The molecule has 0 saturated heterocycles. The van der Waals surface area contributed by atoms with Crippen LogP contribution in [0.25, 0.3) is 0 Å². The lowest BCUT2D eigenvalue weighted by atomic mass is 10.2. The van der Waals surface area contributed by atoms with Crippen LogP contribution in [0.1, 0.15) is 11.1 Å². The smallest absolute Gasteiger partial charge is 0.103 e. The summed E-state index contributed by atoms with van der Waals surface area (Å²) in [6, 6.07) is 10.1. The van der Waals surface area contributed by atoms with Crippen molar-refractivity contribution >= 4 is 50.2 Å². The highest BCUT2D eigenvalue weighted by Crippen LogP contribution is 2.23. The molecule has 94 valence electrons. The molecule has 0 atom stereocenters. The largest absolute Gasteiger partial charge is 0.389 e. The number of nitrogens with two attached hydrogens (primary N) is 1. The highest BCUT2D eigenvalue weighted by atomic mass is 79.9. The topological polar surface area (TPSA) is 29.3 Å². The molecule has 0 aliphatic carbocycles.